The molecule has 0 bridgehead atoms. The van der Waals surface area contributed by atoms with E-state index in [1.54, 1.807) is 0 Å². The van der Waals surface area contributed by atoms with Gasteiger partial charge in [0.05, 0.1) is 0 Å². The summed E-state index contributed by atoms with van der Waals surface area (Å²) in [5.41, 5.74) is 0. The minimum absolute atomic E-state index is 0. The van der Waals surface area contributed by atoms with Crippen LogP contribution >= 0.6 is 0 Å². The largest absolute Gasteiger partial charge is 0.490 e. The summed E-state index contributed by atoms with van der Waals surface area (Å²) >= 11 is 0. The molecular formula is C6H9DyF9O9. The first-order valence-electron chi connectivity index (χ1n) is 3.73. The zero-order valence-corrected chi connectivity index (χ0v) is 12.8. The van der Waals surface area contributed by atoms with Gasteiger partial charge in [-0.05, 0) is 0 Å². The Morgan fingerprint density at radius 2 is 0.520 bits per heavy atom. The molecule has 0 aliphatic rings. The fourth-order valence-electron chi connectivity index (χ4n) is 0. The SMILES string of the molecule is O.O.O.O=C(O)C(F)(F)F.O=C(O)C(F)(F)F.O=C(O)C(F)(F)F.[Dy]. The third kappa shape index (κ3) is 35.0. The summed E-state index contributed by atoms with van der Waals surface area (Å²) in [6.45, 7) is 0. The van der Waals surface area contributed by atoms with Gasteiger partial charge in [0, 0.05) is 38.2 Å². The van der Waals surface area contributed by atoms with Gasteiger partial charge in [-0.25, -0.2) is 14.4 Å². The maximum absolute atomic E-state index is 10.6. The molecule has 0 aromatic carbocycles. The fraction of sp³-hybridized carbons (Fsp3) is 0.500. The maximum Gasteiger partial charge on any atom is 0.490 e. The van der Waals surface area contributed by atoms with Crippen molar-refractivity contribution >= 4 is 17.9 Å². The fourth-order valence-corrected chi connectivity index (χ4v) is 0. The smallest absolute Gasteiger partial charge is 0.475 e. The van der Waals surface area contributed by atoms with E-state index in [-0.39, 0.29) is 54.6 Å². The molecule has 0 saturated heterocycles. The normalized spacial score (nSPS) is 9.48. The zero-order valence-electron chi connectivity index (χ0n) is 10.8. The van der Waals surface area contributed by atoms with Gasteiger partial charge in [0.25, 0.3) is 0 Å². The van der Waals surface area contributed by atoms with Gasteiger partial charge in [-0.1, -0.05) is 0 Å². The van der Waals surface area contributed by atoms with Crippen molar-refractivity contribution in [2.45, 2.75) is 18.5 Å². The molecule has 0 rings (SSSR count). The van der Waals surface area contributed by atoms with E-state index in [1.165, 1.54) is 0 Å². The molecule has 0 saturated carbocycles. The quantitative estimate of drug-likeness (QED) is 0.331. The van der Waals surface area contributed by atoms with Gasteiger partial charge in [0.1, 0.15) is 0 Å². The zero-order chi connectivity index (χ0) is 18.2. The molecular weight excluding hydrogens is 550 g/mol. The molecule has 0 fully saturated rings. The summed E-state index contributed by atoms with van der Waals surface area (Å²) in [6, 6.07) is 0. The van der Waals surface area contributed by atoms with Crippen LogP contribution < -0.4 is 0 Å². The average molecular weight is 559 g/mol. The van der Waals surface area contributed by atoms with Crippen LogP contribution in [0.2, 0.25) is 0 Å². The van der Waals surface area contributed by atoms with Crippen molar-refractivity contribution < 1.29 is 124 Å². The van der Waals surface area contributed by atoms with Crippen LogP contribution in [0, 0.1) is 38.2 Å². The number of aliphatic carboxylic acids is 3. The van der Waals surface area contributed by atoms with Gasteiger partial charge in [-0.15, -0.1) is 0 Å². The van der Waals surface area contributed by atoms with Gasteiger partial charge in [0.2, 0.25) is 0 Å². The third-order valence-corrected chi connectivity index (χ3v) is 0.728. The van der Waals surface area contributed by atoms with Crippen LogP contribution in [0.15, 0.2) is 0 Å². The van der Waals surface area contributed by atoms with E-state index in [4.69, 9.17) is 29.7 Å². The Balaban J connectivity index is -0.0000000360. The maximum atomic E-state index is 10.6. The van der Waals surface area contributed by atoms with Crippen molar-refractivity contribution in [3.8, 4) is 0 Å². The molecule has 0 amide bonds. The van der Waals surface area contributed by atoms with Crippen LogP contribution in [0.1, 0.15) is 0 Å². The van der Waals surface area contributed by atoms with E-state index in [2.05, 4.69) is 0 Å². The van der Waals surface area contributed by atoms with Crippen LogP contribution in [0.4, 0.5) is 39.5 Å². The van der Waals surface area contributed by atoms with E-state index in [1.807, 2.05) is 0 Å². The molecule has 160 valence electrons. The van der Waals surface area contributed by atoms with Crippen LogP contribution in [0.3, 0.4) is 0 Å². The van der Waals surface area contributed by atoms with Gasteiger partial charge < -0.3 is 31.7 Å². The van der Waals surface area contributed by atoms with Gasteiger partial charge in [-0.3, -0.25) is 0 Å². The second-order valence-electron chi connectivity index (χ2n) is 2.41. The second-order valence-corrected chi connectivity index (χ2v) is 2.41. The van der Waals surface area contributed by atoms with Crippen molar-refractivity contribution in [1.82, 2.24) is 0 Å². The van der Waals surface area contributed by atoms with Crippen molar-refractivity contribution in [3.63, 3.8) is 0 Å². The number of carbonyl (C=O) groups is 3. The number of carboxylic acids is 3. The summed E-state index contributed by atoms with van der Waals surface area (Å²) in [7, 11) is 0. The van der Waals surface area contributed by atoms with E-state index in [9.17, 15) is 39.5 Å². The van der Waals surface area contributed by atoms with Gasteiger partial charge in [-0.2, -0.15) is 39.5 Å². The summed E-state index contributed by atoms with van der Waals surface area (Å²) in [6.07, 6.45) is -15.3. The molecule has 0 aliphatic carbocycles. The van der Waals surface area contributed by atoms with E-state index >= 15 is 0 Å². The topological polar surface area (TPSA) is 206 Å². The number of hydrogen-bond acceptors (Lipinski definition) is 3. The predicted octanol–water partition coefficient (Wildman–Crippen LogP) is -0.574. The Labute approximate surface area is 160 Å². The molecule has 0 aromatic rings. The Bertz CT molecular complexity index is 318. The number of carboxylic acid groups (broad SMARTS) is 3. The Morgan fingerprint density at radius 3 is 0.520 bits per heavy atom. The minimum atomic E-state index is -5.08. The van der Waals surface area contributed by atoms with Crippen molar-refractivity contribution in [2.24, 2.45) is 0 Å². The predicted molar refractivity (Wildman–Crippen MR) is 51.9 cm³/mol. The van der Waals surface area contributed by atoms with Crippen LogP contribution in [0.5, 0.6) is 0 Å². The number of halogens is 9. The number of hydrogen-bond donors (Lipinski definition) is 3. The first kappa shape index (κ1) is 43.9. The Morgan fingerprint density at radius 1 is 0.480 bits per heavy atom. The minimum Gasteiger partial charge on any atom is -0.475 e. The molecule has 0 spiro atoms. The number of rotatable bonds is 0. The monoisotopic (exact) mass is 560 g/mol. The summed E-state index contributed by atoms with van der Waals surface area (Å²) in [5, 5.41) is 21.4. The second kappa shape index (κ2) is 16.4. The van der Waals surface area contributed by atoms with Crippen molar-refractivity contribution in [3.05, 3.63) is 0 Å². The van der Waals surface area contributed by atoms with E-state index in [0.717, 1.165) is 0 Å². The Hall–Kier alpha value is -1.07. The molecule has 0 heterocycles. The van der Waals surface area contributed by atoms with E-state index in [0.29, 0.717) is 0 Å². The molecule has 9 nitrogen and oxygen atoms in total. The molecule has 9 N–H and O–H groups in total. The first-order chi connectivity index (χ1) is 8.83. The van der Waals surface area contributed by atoms with Crippen molar-refractivity contribution in [1.29, 1.82) is 0 Å². The average Bonchev–Trinajstić information content (AvgIpc) is 2.14. The van der Waals surface area contributed by atoms with Gasteiger partial charge >= 0.3 is 36.4 Å². The van der Waals surface area contributed by atoms with Gasteiger partial charge in [0.15, 0.2) is 0 Å². The molecule has 0 atom stereocenters. The number of alkyl halides is 9. The molecule has 0 unspecified atom stereocenters. The van der Waals surface area contributed by atoms with Crippen molar-refractivity contribution in [2.75, 3.05) is 0 Å². The molecule has 0 radical (unpaired) electrons. The van der Waals surface area contributed by atoms with E-state index < -0.39 is 36.4 Å². The summed E-state index contributed by atoms with van der Waals surface area (Å²) in [4.78, 5) is 26.7. The molecule has 19 heteroatoms. The Kier molecular flexibility index (Phi) is 28.8. The van der Waals surface area contributed by atoms with Crippen LogP contribution in [-0.2, 0) is 14.4 Å². The summed E-state index contributed by atoms with van der Waals surface area (Å²) in [5.74, 6) is -8.27. The van der Waals surface area contributed by atoms with Crippen LogP contribution in [0.25, 0.3) is 0 Å². The molecule has 0 aromatic heterocycles. The third-order valence-electron chi connectivity index (χ3n) is 0.728. The molecule has 25 heavy (non-hydrogen) atoms. The van der Waals surface area contributed by atoms with Crippen LogP contribution in [-0.4, -0.2) is 68.2 Å². The first-order valence-corrected chi connectivity index (χ1v) is 3.73. The summed E-state index contributed by atoms with van der Waals surface area (Å²) < 4.78 is 95.2. The standard InChI is InChI=1S/3C2HF3O2.Dy.3H2O/c3*3-2(4,5)1(6)7;;;;/h3*(H,6,7);;3*1H2. The molecule has 0 aliphatic heterocycles.